The Labute approximate surface area is 393 Å². The number of hydrogen-bond donors (Lipinski definition) is 0. The molecule has 314 valence electrons. The summed E-state index contributed by atoms with van der Waals surface area (Å²) in [5.41, 5.74) is 17.2. The average Bonchev–Trinajstić information content (AvgIpc) is 3.75. The molecule has 11 aromatic carbocycles. The Morgan fingerprint density at radius 1 is 0.279 bits per heavy atom. The van der Waals surface area contributed by atoms with Crippen molar-refractivity contribution in [3.63, 3.8) is 0 Å². The van der Waals surface area contributed by atoms with Gasteiger partial charge in [0, 0.05) is 16.7 Å². The molecule has 68 heavy (non-hydrogen) atoms. The number of rotatable bonds is 7. The Morgan fingerprint density at radius 3 is 1.41 bits per heavy atom. The number of nitrogens with zero attached hydrogens (tertiary/aromatic N) is 4. The first kappa shape index (κ1) is 39.1. The zero-order valence-corrected chi connectivity index (χ0v) is 36.7. The van der Waals surface area contributed by atoms with E-state index in [-0.39, 0.29) is 0 Å². The number of hydrogen-bond acceptors (Lipinski definition) is 4. The molecule has 0 aliphatic heterocycles. The summed E-state index contributed by atoms with van der Waals surface area (Å²) in [7, 11) is 0. The maximum atomic E-state index is 10.0. The van der Waals surface area contributed by atoms with Crippen molar-refractivity contribution in [2.24, 2.45) is 0 Å². The van der Waals surface area contributed by atoms with Crippen LogP contribution in [0.4, 0.5) is 0 Å². The van der Waals surface area contributed by atoms with Gasteiger partial charge in [-0.2, -0.15) is 5.26 Å². The summed E-state index contributed by atoms with van der Waals surface area (Å²) in [6, 6.07) is 83.4. The van der Waals surface area contributed by atoms with E-state index in [0.717, 1.165) is 50.1 Å². The maximum absolute atomic E-state index is 10.0. The minimum Gasteiger partial charge on any atom is -0.208 e. The highest BCUT2D eigenvalue weighted by molar-refractivity contribution is 6.18. The van der Waals surface area contributed by atoms with Gasteiger partial charge in [-0.1, -0.05) is 212 Å². The van der Waals surface area contributed by atoms with Gasteiger partial charge in [0.05, 0.1) is 11.6 Å². The van der Waals surface area contributed by atoms with Gasteiger partial charge in [0.1, 0.15) is 0 Å². The van der Waals surface area contributed by atoms with Gasteiger partial charge >= 0.3 is 0 Å². The second-order valence-electron chi connectivity index (χ2n) is 17.4. The Bertz CT molecular complexity index is 3990. The van der Waals surface area contributed by atoms with E-state index in [9.17, 15) is 5.26 Å². The van der Waals surface area contributed by atoms with Gasteiger partial charge in [-0.3, -0.25) is 0 Å². The maximum Gasteiger partial charge on any atom is 0.164 e. The Balaban J connectivity index is 0.844. The first-order valence-electron chi connectivity index (χ1n) is 22.9. The third kappa shape index (κ3) is 6.56. The van der Waals surface area contributed by atoms with Crippen molar-refractivity contribution in [3.8, 4) is 107 Å². The summed E-state index contributed by atoms with van der Waals surface area (Å²) in [5.74, 6) is 1.80. The van der Waals surface area contributed by atoms with Crippen LogP contribution in [0.3, 0.4) is 0 Å². The van der Waals surface area contributed by atoms with Crippen LogP contribution in [-0.2, 0) is 0 Å². The topological polar surface area (TPSA) is 62.5 Å². The van der Waals surface area contributed by atoms with Crippen LogP contribution < -0.4 is 0 Å². The fraction of sp³-hybridized carbons (Fsp3) is 0. The summed E-state index contributed by atoms with van der Waals surface area (Å²) >= 11 is 0. The molecule has 4 nitrogen and oxygen atoms in total. The Kier molecular flexibility index (Phi) is 9.20. The molecule has 0 saturated heterocycles. The first-order chi connectivity index (χ1) is 33.6. The van der Waals surface area contributed by atoms with E-state index in [1.54, 1.807) is 0 Å². The Morgan fingerprint density at radius 2 is 0.750 bits per heavy atom. The SMILES string of the molecule is N#Cc1ccc(-c2ccc(-c3nc(-c4ccccc4)nc(-c4ccc(-c5cc6ccccc6c6ccccc56)cc4)n3)cc2)c(-c2ccc(-c3cccc4c3-c3cccc5cccc-4c35)cc2)c1. The van der Waals surface area contributed by atoms with E-state index in [0.29, 0.717) is 23.0 Å². The molecule has 0 unspecified atom stereocenters. The van der Waals surface area contributed by atoms with Crippen LogP contribution >= 0.6 is 0 Å². The van der Waals surface area contributed by atoms with Crippen LogP contribution in [0, 0.1) is 11.3 Å². The van der Waals surface area contributed by atoms with Crippen molar-refractivity contribution >= 4 is 32.3 Å². The fourth-order valence-corrected chi connectivity index (χ4v) is 10.3. The molecule has 0 radical (unpaired) electrons. The van der Waals surface area contributed by atoms with Gasteiger partial charge in [0.25, 0.3) is 0 Å². The highest BCUT2D eigenvalue weighted by atomic mass is 15.0. The third-order valence-corrected chi connectivity index (χ3v) is 13.5. The highest BCUT2D eigenvalue weighted by Gasteiger charge is 2.24. The van der Waals surface area contributed by atoms with Crippen LogP contribution in [0.5, 0.6) is 0 Å². The summed E-state index contributed by atoms with van der Waals surface area (Å²) in [6.07, 6.45) is 0. The molecule has 0 spiro atoms. The van der Waals surface area contributed by atoms with Crippen molar-refractivity contribution in [2.45, 2.75) is 0 Å². The molecular weight excluding hydrogens is 825 g/mol. The van der Waals surface area contributed by atoms with Gasteiger partial charge < -0.3 is 0 Å². The minimum atomic E-state index is 0.590. The largest absolute Gasteiger partial charge is 0.208 e. The van der Waals surface area contributed by atoms with Gasteiger partial charge in [-0.15, -0.1) is 0 Å². The van der Waals surface area contributed by atoms with Crippen molar-refractivity contribution in [2.75, 3.05) is 0 Å². The summed E-state index contributed by atoms with van der Waals surface area (Å²) in [6.45, 7) is 0. The molecule has 0 amide bonds. The van der Waals surface area contributed by atoms with E-state index < -0.39 is 0 Å². The molecular formula is C64H38N4. The lowest BCUT2D eigenvalue weighted by molar-refractivity contribution is 1.07. The predicted molar refractivity (Wildman–Crippen MR) is 280 cm³/mol. The standard InChI is InChI=1S/C64H38N4/c65-39-40-23-36-51(58(37-40)43-26-24-42(25-27-43)52-19-10-21-56-55-20-8-14-45-15-9-22-57(60(45)55)61(52)56)41-28-32-47(33-29-41)63-66-62(46-11-2-1-3-12-46)67-64(68-63)48-34-30-44(31-35-48)59-38-49-13-4-5-16-50(49)53-17-6-7-18-54(53)59/h1-38H. The predicted octanol–water partition coefficient (Wildman–Crippen LogP) is 16.5. The van der Waals surface area contributed by atoms with Crippen LogP contribution in [0.15, 0.2) is 231 Å². The van der Waals surface area contributed by atoms with Gasteiger partial charge in [0.2, 0.25) is 0 Å². The summed E-state index contributed by atoms with van der Waals surface area (Å²) in [4.78, 5) is 15.2. The Hall–Kier alpha value is -9.30. The number of nitriles is 1. The first-order valence-corrected chi connectivity index (χ1v) is 22.9. The van der Waals surface area contributed by atoms with Gasteiger partial charge in [-0.05, 0) is 117 Å². The molecule has 0 atom stereocenters. The molecule has 13 rings (SSSR count). The second kappa shape index (κ2) is 16.0. The molecule has 1 aliphatic rings. The molecule has 0 N–H and O–H groups in total. The lowest BCUT2D eigenvalue weighted by atomic mass is 9.90. The van der Waals surface area contributed by atoms with Crippen LogP contribution in [0.25, 0.3) is 133 Å². The molecule has 4 heteroatoms. The van der Waals surface area contributed by atoms with Crippen LogP contribution in [0.1, 0.15) is 5.56 Å². The van der Waals surface area contributed by atoms with Crippen molar-refractivity contribution in [1.29, 1.82) is 5.26 Å². The lowest BCUT2D eigenvalue weighted by Gasteiger charge is -2.14. The zero-order chi connectivity index (χ0) is 45.1. The fourth-order valence-electron chi connectivity index (χ4n) is 10.3. The molecule has 1 aromatic heterocycles. The van der Waals surface area contributed by atoms with Crippen molar-refractivity contribution in [3.05, 3.63) is 236 Å². The minimum absolute atomic E-state index is 0.590. The summed E-state index contributed by atoms with van der Waals surface area (Å²) in [5, 5.41) is 17.5. The van der Waals surface area contributed by atoms with E-state index in [4.69, 9.17) is 15.0 Å². The van der Waals surface area contributed by atoms with Crippen molar-refractivity contribution < 1.29 is 0 Å². The smallest absolute Gasteiger partial charge is 0.164 e. The van der Waals surface area contributed by atoms with E-state index >= 15 is 0 Å². The van der Waals surface area contributed by atoms with E-state index in [2.05, 4.69) is 194 Å². The number of benzene rings is 11. The summed E-state index contributed by atoms with van der Waals surface area (Å²) < 4.78 is 0. The molecule has 1 aliphatic carbocycles. The lowest BCUT2D eigenvalue weighted by Crippen LogP contribution is -2.00. The quantitative estimate of drug-likeness (QED) is 0.150. The second-order valence-corrected chi connectivity index (χ2v) is 17.4. The van der Waals surface area contributed by atoms with Crippen LogP contribution in [-0.4, -0.2) is 15.0 Å². The van der Waals surface area contributed by atoms with Gasteiger partial charge in [0.15, 0.2) is 17.5 Å². The van der Waals surface area contributed by atoms with Gasteiger partial charge in [-0.25, -0.2) is 15.0 Å². The molecule has 0 saturated carbocycles. The number of fused-ring (bicyclic) bond motifs is 6. The average molecular weight is 863 g/mol. The van der Waals surface area contributed by atoms with Crippen LogP contribution in [0.2, 0.25) is 0 Å². The van der Waals surface area contributed by atoms with E-state index in [1.165, 1.54) is 65.7 Å². The molecule has 0 bridgehead atoms. The number of aromatic nitrogens is 3. The molecule has 12 aromatic rings. The zero-order valence-electron chi connectivity index (χ0n) is 36.7. The molecule has 0 fully saturated rings. The third-order valence-electron chi connectivity index (χ3n) is 13.5. The monoisotopic (exact) mass is 862 g/mol. The normalized spacial score (nSPS) is 11.5. The van der Waals surface area contributed by atoms with Crippen molar-refractivity contribution in [1.82, 2.24) is 15.0 Å². The highest BCUT2D eigenvalue weighted by Crippen LogP contribution is 2.51. The molecule has 1 heterocycles. The van der Waals surface area contributed by atoms with E-state index in [1.807, 2.05) is 42.5 Å².